The highest BCUT2D eigenvalue weighted by Gasteiger charge is 2.31. The third-order valence-electron chi connectivity index (χ3n) is 4.03. The van der Waals surface area contributed by atoms with Gasteiger partial charge in [0, 0.05) is 36.7 Å². The maximum Gasteiger partial charge on any atom is 0.167 e. The Morgan fingerprint density at radius 1 is 1.32 bits per heavy atom. The zero-order valence-electron chi connectivity index (χ0n) is 11.1. The molecule has 2 heterocycles. The Morgan fingerprint density at radius 2 is 2.11 bits per heavy atom. The number of nitrogens with one attached hydrogen (secondary N) is 1. The van der Waals surface area contributed by atoms with Crippen LogP contribution < -0.4 is 5.32 Å². The molecule has 0 saturated carbocycles. The van der Waals surface area contributed by atoms with Crippen molar-refractivity contribution in [2.24, 2.45) is 10.9 Å². The van der Waals surface area contributed by atoms with Gasteiger partial charge in [0.15, 0.2) is 5.78 Å². The quantitative estimate of drug-likeness (QED) is 0.878. The van der Waals surface area contributed by atoms with E-state index in [0.717, 1.165) is 17.7 Å². The summed E-state index contributed by atoms with van der Waals surface area (Å²) >= 11 is 0. The Hall–Kier alpha value is -1.74. The molecule has 3 heteroatoms. The lowest BCUT2D eigenvalue weighted by Gasteiger charge is -2.33. The molecule has 0 aliphatic carbocycles. The van der Waals surface area contributed by atoms with Crippen LogP contribution in [0, 0.1) is 5.92 Å². The van der Waals surface area contributed by atoms with Gasteiger partial charge in [-0.3, -0.25) is 9.79 Å². The Morgan fingerprint density at radius 3 is 2.89 bits per heavy atom. The first-order valence-corrected chi connectivity index (χ1v) is 6.82. The van der Waals surface area contributed by atoms with Crippen LogP contribution in [0.25, 0.3) is 0 Å². The number of nitrogens with zero attached hydrogens (tertiary/aromatic N) is 1. The number of rotatable bonds is 2. The standard InChI is InChI=1S/C16H18N2O/c1-11-14(9-12-5-3-2-4-6-12)18-10-13-15(19)7-8-17-16(11)13/h2-6,8,11,14,18H,7,9-10H2,1H3. The first-order chi connectivity index (χ1) is 9.25. The van der Waals surface area contributed by atoms with Gasteiger partial charge in [-0.2, -0.15) is 0 Å². The molecule has 19 heavy (non-hydrogen) atoms. The van der Waals surface area contributed by atoms with E-state index in [2.05, 4.69) is 41.5 Å². The van der Waals surface area contributed by atoms with E-state index in [1.165, 1.54) is 5.56 Å². The fraction of sp³-hybridized carbons (Fsp3) is 0.375. The van der Waals surface area contributed by atoms with Gasteiger partial charge in [-0.1, -0.05) is 37.3 Å². The fourth-order valence-electron chi connectivity index (χ4n) is 2.87. The first-order valence-electron chi connectivity index (χ1n) is 6.82. The third-order valence-corrected chi connectivity index (χ3v) is 4.03. The number of carbonyl (C=O) groups excluding carboxylic acids is 1. The smallest absolute Gasteiger partial charge is 0.167 e. The van der Waals surface area contributed by atoms with Crippen LogP contribution in [0.4, 0.5) is 0 Å². The van der Waals surface area contributed by atoms with Crippen molar-refractivity contribution in [3.63, 3.8) is 0 Å². The highest BCUT2D eigenvalue weighted by molar-refractivity contribution is 6.06. The van der Waals surface area contributed by atoms with Crippen molar-refractivity contribution in [3.8, 4) is 0 Å². The van der Waals surface area contributed by atoms with Crippen LogP contribution in [0.1, 0.15) is 18.9 Å². The summed E-state index contributed by atoms with van der Waals surface area (Å²) in [6.45, 7) is 2.82. The largest absolute Gasteiger partial charge is 0.309 e. The number of Topliss-reactive ketones (excluding diaryl/α,β-unsaturated/α-hetero) is 1. The van der Waals surface area contributed by atoms with Gasteiger partial charge in [-0.15, -0.1) is 0 Å². The number of hydrogen-bond acceptors (Lipinski definition) is 3. The summed E-state index contributed by atoms with van der Waals surface area (Å²) in [6.07, 6.45) is 3.18. The van der Waals surface area contributed by atoms with Gasteiger partial charge < -0.3 is 5.32 Å². The molecule has 1 aromatic carbocycles. The van der Waals surface area contributed by atoms with Gasteiger partial charge in [0.1, 0.15) is 0 Å². The molecule has 0 radical (unpaired) electrons. The van der Waals surface area contributed by atoms with E-state index in [4.69, 9.17) is 0 Å². The fourth-order valence-corrected chi connectivity index (χ4v) is 2.87. The SMILES string of the molecule is CC1C2=C(CNC1Cc1ccccc1)C(=O)CC=N2. The lowest BCUT2D eigenvalue weighted by molar-refractivity contribution is -0.114. The molecule has 0 spiro atoms. The number of aliphatic imine (C=N–C) groups is 1. The highest BCUT2D eigenvalue weighted by atomic mass is 16.1. The molecule has 2 aliphatic heterocycles. The van der Waals surface area contributed by atoms with Crippen molar-refractivity contribution < 1.29 is 4.79 Å². The summed E-state index contributed by atoms with van der Waals surface area (Å²) in [4.78, 5) is 16.3. The second kappa shape index (κ2) is 5.10. The third kappa shape index (κ3) is 2.38. The minimum Gasteiger partial charge on any atom is -0.309 e. The van der Waals surface area contributed by atoms with Gasteiger partial charge in [0.25, 0.3) is 0 Å². The molecule has 98 valence electrons. The Kier molecular flexibility index (Phi) is 3.30. The topological polar surface area (TPSA) is 41.5 Å². The minimum absolute atomic E-state index is 0.225. The van der Waals surface area contributed by atoms with Crippen molar-refractivity contribution in [2.75, 3.05) is 6.54 Å². The van der Waals surface area contributed by atoms with Gasteiger partial charge in [0.2, 0.25) is 0 Å². The van der Waals surface area contributed by atoms with Crippen molar-refractivity contribution >= 4 is 12.0 Å². The molecule has 0 fully saturated rings. The van der Waals surface area contributed by atoms with Crippen molar-refractivity contribution in [3.05, 3.63) is 47.2 Å². The Labute approximate surface area is 113 Å². The summed E-state index contributed by atoms with van der Waals surface area (Å²) in [5.74, 6) is 0.506. The minimum atomic E-state index is 0.225. The summed E-state index contributed by atoms with van der Waals surface area (Å²) in [6, 6.07) is 10.8. The predicted molar refractivity (Wildman–Crippen MR) is 76.2 cm³/mol. The maximum absolute atomic E-state index is 11.8. The predicted octanol–water partition coefficient (Wildman–Crippen LogP) is 2.13. The molecule has 2 unspecified atom stereocenters. The average Bonchev–Trinajstić information content (AvgIpc) is 2.44. The van der Waals surface area contributed by atoms with E-state index in [9.17, 15) is 4.79 Å². The van der Waals surface area contributed by atoms with E-state index in [1.807, 2.05) is 6.07 Å². The second-order valence-corrected chi connectivity index (χ2v) is 5.27. The zero-order chi connectivity index (χ0) is 13.2. The monoisotopic (exact) mass is 254 g/mol. The van der Waals surface area contributed by atoms with Crippen LogP contribution in [0.15, 0.2) is 46.6 Å². The Balaban J connectivity index is 1.80. The van der Waals surface area contributed by atoms with Crippen molar-refractivity contribution in [1.29, 1.82) is 0 Å². The molecule has 3 nitrogen and oxygen atoms in total. The normalized spacial score (nSPS) is 26.5. The molecule has 1 N–H and O–H groups in total. The van der Waals surface area contributed by atoms with Gasteiger partial charge in [0.05, 0.1) is 5.70 Å². The maximum atomic E-state index is 11.8. The van der Waals surface area contributed by atoms with E-state index >= 15 is 0 Å². The van der Waals surface area contributed by atoms with E-state index in [1.54, 1.807) is 6.21 Å². The number of ketones is 1. The first kappa shape index (κ1) is 12.3. The summed E-state index contributed by atoms with van der Waals surface area (Å²) in [7, 11) is 0. The zero-order valence-corrected chi connectivity index (χ0v) is 11.1. The number of hydrogen-bond donors (Lipinski definition) is 1. The lowest BCUT2D eigenvalue weighted by atomic mass is 9.84. The molecule has 3 rings (SSSR count). The molecule has 0 saturated heterocycles. The molecule has 0 amide bonds. The van der Waals surface area contributed by atoms with Crippen LogP contribution in [-0.2, 0) is 11.2 Å². The van der Waals surface area contributed by atoms with Crippen molar-refractivity contribution in [2.45, 2.75) is 25.8 Å². The number of carbonyl (C=O) groups is 1. The van der Waals surface area contributed by atoms with Crippen molar-refractivity contribution in [1.82, 2.24) is 5.32 Å². The number of benzene rings is 1. The van der Waals surface area contributed by atoms with Gasteiger partial charge in [-0.05, 0) is 12.0 Å². The lowest BCUT2D eigenvalue weighted by Crippen LogP contribution is -2.45. The summed E-state index contributed by atoms with van der Waals surface area (Å²) in [5.41, 5.74) is 3.21. The summed E-state index contributed by atoms with van der Waals surface area (Å²) < 4.78 is 0. The van der Waals surface area contributed by atoms with Crippen LogP contribution in [0.5, 0.6) is 0 Å². The van der Waals surface area contributed by atoms with Crippen LogP contribution >= 0.6 is 0 Å². The average molecular weight is 254 g/mol. The molecule has 0 bridgehead atoms. The van der Waals surface area contributed by atoms with Crippen LogP contribution in [0.3, 0.4) is 0 Å². The molecule has 2 aliphatic rings. The van der Waals surface area contributed by atoms with Crippen LogP contribution in [0.2, 0.25) is 0 Å². The van der Waals surface area contributed by atoms with Crippen LogP contribution in [-0.4, -0.2) is 24.6 Å². The molecule has 2 atom stereocenters. The molecular weight excluding hydrogens is 236 g/mol. The van der Waals surface area contributed by atoms with Gasteiger partial charge in [-0.25, -0.2) is 0 Å². The van der Waals surface area contributed by atoms with E-state index in [0.29, 0.717) is 19.0 Å². The van der Waals surface area contributed by atoms with E-state index < -0.39 is 0 Å². The summed E-state index contributed by atoms with van der Waals surface area (Å²) in [5, 5.41) is 3.49. The Bertz CT molecular complexity index is 545. The molecule has 1 aromatic rings. The second-order valence-electron chi connectivity index (χ2n) is 5.27. The molecular formula is C16H18N2O. The van der Waals surface area contributed by atoms with Gasteiger partial charge >= 0.3 is 0 Å². The highest BCUT2D eigenvalue weighted by Crippen LogP contribution is 2.29. The van der Waals surface area contributed by atoms with E-state index in [-0.39, 0.29) is 11.7 Å². The molecule has 0 aromatic heterocycles.